The van der Waals surface area contributed by atoms with E-state index in [1.807, 2.05) is 12.1 Å². The van der Waals surface area contributed by atoms with Crippen LogP contribution in [0.15, 0.2) is 18.2 Å². The molecule has 0 amide bonds. The Morgan fingerprint density at radius 1 is 1.06 bits per heavy atom. The first-order chi connectivity index (χ1) is 8.25. The normalized spacial score (nSPS) is 21.3. The number of hydrogen-bond donors (Lipinski definition) is 1. The Bertz CT molecular complexity index is 441. The van der Waals surface area contributed by atoms with E-state index in [9.17, 15) is 0 Å². The van der Waals surface area contributed by atoms with Crippen molar-refractivity contribution in [2.24, 2.45) is 0 Å². The van der Waals surface area contributed by atoms with Gasteiger partial charge in [0.1, 0.15) is 0 Å². The zero-order chi connectivity index (χ0) is 13.6. The molecule has 4 heteroatoms. The Balaban J connectivity index is 2.32. The lowest BCUT2D eigenvalue weighted by Gasteiger charge is -2.32. The molecule has 0 unspecified atom stereocenters. The predicted molar refractivity (Wildman–Crippen MR) is 75.9 cm³/mol. The standard InChI is InChI=1S/C14H22BNO2/c1-6-10-7-11(9-12(16)8-10)15-17-13(2,3)14(4,5)18-15/h7-9H,6,16H2,1-5H3. The van der Waals surface area contributed by atoms with E-state index in [1.54, 1.807) is 0 Å². The topological polar surface area (TPSA) is 44.5 Å². The minimum Gasteiger partial charge on any atom is -0.399 e. The molecule has 0 radical (unpaired) electrons. The second-order valence-electron chi connectivity index (χ2n) is 5.95. The van der Waals surface area contributed by atoms with Crippen LogP contribution in [0.5, 0.6) is 0 Å². The Kier molecular flexibility index (Phi) is 3.20. The third-order valence-corrected chi connectivity index (χ3v) is 3.97. The van der Waals surface area contributed by atoms with Crippen molar-refractivity contribution in [2.75, 3.05) is 5.73 Å². The fourth-order valence-corrected chi connectivity index (χ4v) is 2.06. The van der Waals surface area contributed by atoms with E-state index in [0.717, 1.165) is 17.6 Å². The van der Waals surface area contributed by atoms with Gasteiger partial charge in [-0.25, -0.2) is 0 Å². The maximum atomic E-state index is 6.03. The molecule has 1 aromatic carbocycles. The van der Waals surface area contributed by atoms with E-state index < -0.39 is 0 Å². The zero-order valence-electron chi connectivity index (χ0n) is 11.9. The first kappa shape index (κ1) is 13.4. The van der Waals surface area contributed by atoms with Gasteiger partial charge in [-0.1, -0.05) is 13.0 Å². The van der Waals surface area contributed by atoms with Gasteiger partial charge in [0, 0.05) is 5.69 Å². The molecule has 2 N–H and O–H groups in total. The van der Waals surface area contributed by atoms with Crippen LogP contribution in [0.4, 0.5) is 5.69 Å². The molecule has 1 aromatic rings. The van der Waals surface area contributed by atoms with Crippen molar-refractivity contribution in [2.45, 2.75) is 52.2 Å². The van der Waals surface area contributed by atoms with Crippen molar-refractivity contribution in [1.82, 2.24) is 0 Å². The van der Waals surface area contributed by atoms with Crippen LogP contribution in [-0.2, 0) is 15.7 Å². The van der Waals surface area contributed by atoms with Gasteiger partial charge in [0.15, 0.2) is 0 Å². The van der Waals surface area contributed by atoms with Gasteiger partial charge in [0.25, 0.3) is 0 Å². The molecule has 1 heterocycles. The number of hydrogen-bond acceptors (Lipinski definition) is 3. The van der Waals surface area contributed by atoms with Gasteiger partial charge in [-0.05, 0) is 57.3 Å². The number of anilines is 1. The van der Waals surface area contributed by atoms with Gasteiger partial charge >= 0.3 is 7.12 Å². The van der Waals surface area contributed by atoms with Gasteiger partial charge in [0.05, 0.1) is 11.2 Å². The number of nitrogens with two attached hydrogens (primary N) is 1. The molecule has 1 aliphatic heterocycles. The van der Waals surface area contributed by atoms with Crippen LogP contribution in [0.1, 0.15) is 40.2 Å². The third kappa shape index (κ3) is 2.27. The minimum absolute atomic E-state index is 0.311. The molecule has 1 fully saturated rings. The summed E-state index contributed by atoms with van der Waals surface area (Å²) in [4.78, 5) is 0. The highest BCUT2D eigenvalue weighted by Gasteiger charge is 2.51. The van der Waals surface area contributed by atoms with E-state index in [1.165, 1.54) is 5.56 Å². The van der Waals surface area contributed by atoms with Crippen molar-refractivity contribution in [3.63, 3.8) is 0 Å². The van der Waals surface area contributed by atoms with Crippen LogP contribution < -0.4 is 11.2 Å². The van der Waals surface area contributed by atoms with Gasteiger partial charge in [-0.15, -0.1) is 0 Å². The van der Waals surface area contributed by atoms with Gasteiger partial charge in [-0.3, -0.25) is 0 Å². The largest absolute Gasteiger partial charge is 0.494 e. The van der Waals surface area contributed by atoms with Crippen molar-refractivity contribution in [1.29, 1.82) is 0 Å². The summed E-state index contributed by atoms with van der Waals surface area (Å²) in [5.74, 6) is 0. The summed E-state index contributed by atoms with van der Waals surface area (Å²) in [6.45, 7) is 10.3. The second kappa shape index (κ2) is 4.28. The smallest absolute Gasteiger partial charge is 0.399 e. The molecular formula is C14H22BNO2. The first-order valence-electron chi connectivity index (χ1n) is 6.50. The van der Waals surface area contributed by atoms with Gasteiger partial charge < -0.3 is 15.0 Å². The summed E-state index contributed by atoms with van der Waals surface area (Å²) in [5, 5.41) is 0. The van der Waals surface area contributed by atoms with Crippen LogP contribution >= 0.6 is 0 Å². The minimum atomic E-state index is -0.330. The van der Waals surface area contributed by atoms with Gasteiger partial charge in [-0.2, -0.15) is 0 Å². The van der Waals surface area contributed by atoms with Crippen LogP contribution in [0, 0.1) is 0 Å². The Labute approximate surface area is 110 Å². The average molecular weight is 247 g/mol. The summed E-state index contributed by atoms with van der Waals surface area (Å²) >= 11 is 0. The number of rotatable bonds is 2. The summed E-state index contributed by atoms with van der Waals surface area (Å²) in [7, 11) is -0.330. The molecule has 1 aliphatic rings. The molecule has 1 saturated heterocycles. The highest BCUT2D eigenvalue weighted by Crippen LogP contribution is 2.36. The molecule has 2 rings (SSSR count). The molecular weight excluding hydrogens is 225 g/mol. The summed E-state index contributed by atoms with van der Waals surface area (Å²) in [6, 6.07) is 6.04. The maximum absolute atomic E-state index is 6.03. The van der Waals surface area contributed by atoms with Gasteiger partial charge in [0.2, 0.25) is 0 Å². The van der Waals surface area contributed by atoms with Crippen LogP contribution in [0.3, 0.4) is 0 Å². The van der Waals surface area contributed by atoms with Crippen LogP contribution in [0.2, 0.25) is 0 Å². The Morgan fingerprint density at radius 3 is 2.11 bits per heavy atom. The molecule has 0 saturated carbocycles. The first-order valence-corrected chi connectivity index (χ1v) is 6.50. The Morgan fingerprint density at radius 2 is 1.61 bits per heavy atom. The van der Waals surface area contributed by atoms with E-state index in [2.05, 4.69) is 40.7 Å². The van der Waals surface area contributed by atoms with E-state index in [0.29, 0.717) is 0 Å². The fraction of sp³-hybridized carbons (Fsp3) is 0.571. The van der Waals surface area contributed by atoms with Crippen LogP contribution in [-0.4, -0.2) is 18.3 Å². The number of aryl methyl sites for hydroxylation is 1. The van der Waals surface area contributed by atoms with Crippen molar-refractivity contribution >= 4 is 18.3 Å². The molecule has 0 bridgehead atoms. The quantitative estimate of drug-likeness (QED) is 0.643. The summed E-state index contributed by atoms with van der Waals surface area (Å²) < 4.78 is 12.1. The predicted octanol–water partition coefficient (Wildman–Crippen LogP) is 2.13. The molecule has 0 aliphatic carbocycles. The third-order valence-electron chi connectivity index (χ3n) is 3.97. The van der Waals surface area contributed by atoms with Crippen molar-refractivity contribution < 1.29 is 9.31 Å². The summed E-state index contributed by atoms with van der Waals surface area (Å²) in [6.07, 6.45) is 0.956. The van der Waals surface area contributed by atoms with Crippen LogP contribution in [0.25, 0.3) is 0 Å². The molecule has 98 valence electrons. The lowest BCUT2D eigenvalue weighted by Crippen LogP contribution is -2.41. The lowest BCUT2D eigenvalue weighted by atomic mass is 9.78. The van der Waals surface area contributed by atoms with E-state index in [-0.39, 0.29) is 18.3 Å². The average Bonchev–Trinajstić information content (AvgIpc) is 2.47. The zero-order valence-corrected chi connectivity index (χ0v) is 11.9. The van der Waals surface area contributed by atoms with Crippen molar-refractivity contribution in [3.8, 4) is 0 Å². The highest BCUT2D eigenvalue weighted by atomic mass is 16.7. The monoisotopic (exact) mass is 247 g/mol. The molecule has 18 heavy (non-hydrogen) atoms. The second-order valence-corrected chi connectivity index (χ2v) is 5.95. The van der Waals surface area contributed by atoms with E-state index in [4.69, 9.17) is 15.0 Å². The molecule has 0 aromatic heterocycles. The SMILES string of the molecule is CCc1cc(N)cc(B2OC(C)(C)C(C)(C)O2)c1. The summed E-state index contributed by atoms with van der Waals surface area (Å²) in [5.41, 5.74) is 8.28. The lowest BCUT2D eigenvalue weighted by molar-refractivity contribution is 0.00578. The van der Waals surface area contributed by atoms with Crippen molar-refractivity contribution in [3.05, 3.63) is 23.8 Å². The maximum Gasteiger partial charge on any atom is 0.494 e. The Hall–Kier alpha value is -0.995. The molecule has 0 spiro atoms. The highest BCUT2D eigenvalue weighted by molar-refractivity contribution is 6.62. The van der Waals surface area contributed by atoms with E-state index >= 15 is 0 Å². The fourth-order valence-electron chi connectivity index (χ4n) is 2.06. The molecule has 3 nitrogen and oxygen atoms in total. The molecule has 0 atom stereocenters. The number of benzene rings is 1. The number of nitrogen functional groups attached to an aromatic ring is 1.